The van der Waals surface area contributed by atoms with Gasteiger partial charge in [-0.1, -0.05) is 33.5 Å². The highest BCUT2D eigenvalue weighted by molar-refractivity contribution is 9.11. The Morgan fingerprint density at radius 3 is 1.31 bits per heavy atom. The lowest BCUT2D eigenvalue weighted by atomic mass is 10.5. The minimum Gasteiger partial charge on any atom is -0.336 e. The first kappa shape index (κ1) is 30.4. The Morgan fingerprint density at radius 2 is 1.08 bits per heavy atom. The van der Waals surface area contributed by atoms with Gasteiger partial charge in [0.2, 0.25) is 0 Å². The minimum absolute atomic E-state index is 0.0353. The molecule has 0 saturated carbocycles. The number of nitrogens with zero attached hydrogens (tertiary/aromatic N) is 2. The highest BCUT2D eigenvalue weighted by atomic mass is 79.9. The Labute approximate surface area is 256 Å². The molecule has 0 aliphatic carbocycles. The van der Waals surface area contributed by atoms with Crippen molar-refractivity contribution in [2.45, 2.75) is 22.3 Å². The van der Waals surface area contributed by atoms with Crippen LogP contribution < -0.4 is 9.44 Å². The number of nitrogens with one attached hydrogen (secondary N) is 2. The van der Waals surface area contributed by atoms with E-state index in [1.807, 2.05) is 0 Å². The molecule has 36 heavy (non-hydrogen) atoms. The quantitative estimate of drug-likeness (QED) is 0.198. The Balaban J connectivity index is 0.000000201. The van der Waals surface area contributed by atoms with Crippen LogP contribution in [0.15, 0.2) is 47.5 Å². The van der Waals surface area contributed by atoms with Gasteiger partial charge in [-0.3, -0.25) is 0 Å². The van der Waals surface area contributed by atoms with Crippen LogP contribution in [0, 0.1) is 13.8 Å². The van der Waals surface area contributed by atoms with Crippen molar-refractivity contribution < 1.29 is 25.9 Å². The predicted molar refractivity (Wildman–Crippen MR) is 154 cm³/mol. The summed E-state index contributed by atoms with van der Waals surface area (Å²) in [6, 6.07) is 2.85. The van der Waals surface area contributed by atoms with Gasteiger partial charge in [0.15, 0.2) is 0 Å². The standard InChI is InChI=1S/2C8H5Br2ClN2O3S2/c2*1-3-6(10)8(16-12-3)13-18(14,15)5-2-4(9)7(11)17-5/h2*2,13H,1H3. The summed E-state index contributed by atoms with van der Waals surface area (Å²) in [5.41, 5.74) is 1.11. The van der Waals surface area contributed by atoms with E-state index >= 15 is 0 Å². The van der Waals surface area contributed by atoms with E-state index < -0.39 is 20.0 Å². The van der Waals surface area contributed by atoms with Gasteiger partial charge in [0, 0.05) is 8.95 Å². The third kappa shape index (κ3) is 7.06. The number of aryl methyl sites for hydroxylation is 2. The molecule has 196 valence electrons. The monoisotopic (exact) mass is 868 g/mol. The molecule has 0 spiro atoms. The van der Waals surface area contributed by atoms with Crippen LogP contribution >= 0.6 is 110 Å². The Kier molecular flexibility index (Phi) is 10.0. The molecule has 0 fully saturated rings. The maximum atomic E-state index is 12.0. The second kappa shape index (κ2) is 11.9. The van der Waals surface area contributed by atoms with Gasteiger partial charge in [0.25, 0.3) is 31.8 Å². The van der Waals surface area contributed by atoms with Gasteiger partial charge in [-0.25, -0.2) is 26.3 Å². The zero-order valence-corrected chi connectivity index (χ0v) is 28.5. The van der Waals surface area contributed by atoms with Crippen molar-refractivity contribution in [2.75, 3.05) is 9.44 Å². The van der Waals surface area contributed by atoms with Crippen LogP contribution in [0.4, 0.5) is 11.8 Å². The molecule has 20 heteroatoms. The van der Waals surface area contributed by atoms with Gasteiger partial charge in [-0.2, -0.15) is 0 Å². The minimum atomic E-state index is -3.73. The average molecular weight is 873 g/mol. The number of aromatic nitrogens is 2. The summed E-state index contributed by atoms with van der Waals surface area (Å²) >= 11 is 26.2. The third-order valence-corrected chi connectivity index (χ3v) is 14.2. The predicted octanol–water partition coefficient (Wildman–Crippen LogP) is 8.05. The van der Waals surface area contributed by atoms with Crippen molar-refractivity contribution in [3.63, 3.8) is 0 Å². The number of halogens is 6. The number of thiophene rings is 2. The first-order valence-electron chi connectivity index (χ1n) is 8.81. The summed E-state index contributed by atoms with van der Waals surface area (Å²) in [6.45, 7) is 3.37. The molecule has 0 aliphatic rings. The summed E-state index contributed by atoms with van der Waals surface area (Å²) < 4.78 is 65.4. The van der Waals surface area contributed by atoms with Crippen LogP contribution in [0.1, 0.15) is 11.4 Å². The van der Waals surface area contributed by atoms with Crippen molar-refractivity contribution in [1.82, 2.24) is 10.3 Å². The maximum Gasteiger partial charge on any atom is 0.273 e. The summed E-state index contributed by atoms with van der Waals surface area (Å²) in [6.07, 6.45) is 0. The van der Waals surface area contributed by atoms with E-state index in [2.05, 4.69) is 83.5 Å². The number of rotatable bonds is 6. The zero-order chi connectivity index (χ0) is 27.0. The zero-order valence-electron chi connectivity index (χ0n) is 17.4. The molecule has 0 unspecified atom stereocenters. The molecule has 4 heterocycles. The molecule has 0 aromatic carbocycles. The second-order valence-electron chi connectivity index (χ2n) is 6.41. The molecule has 0 amide bonds. The molecule has 0 aliphatic heterocycles. The van der Waals surface area contributed by atoms with Crippen LogP contribution in [0.3, 0.4) is 0 Å². The summed E-state index contributed by atoms with van der Waals surface area (Å²) in [5, 5.41) is 7.27. The van der Waals surface area contributed by atoms with Gasteiger partial charge in [0.05, 0.1) is 11.4 Å². The molecule has 0 saturated heterocycles. The lowest BCUT2D eigenvalue weighted by molar-refractivity contribution is 0.430. The first-order chi connectivity index (χ1) is 16.6. The molecule has 4 aromatic heterocycles. The van der Waals surface area contributed by atoms with Crippen LogP contribution in [-0.4, -0.2) is 27.1 Å². The largest absolute Gasteiger partial charge is 0.336 e. The fourth-order valence-electron chi connectivity index (χ4n) is 2.11. The molecule has 10 nitrogen and oxygen atoms in total. The highest BCUT2D eigenvalue weighted by Gasteiger charge is 2.24. The molecule has 0 radical (unpaired) electrons. The van der Waals surface area contributed by atoms with Gasteiger partial charge in [-0.15, -0.1) is 22.7 Å². The first-order valence-corrected chi connectivity index (χ1v) is 17.3. The molecular weight excluding hydrogens is 863 g/mol. The van der Waals surface area contributed by atoms with Crippen LogP contribution in [0.2, 0.25) is 8.67 Å². The van der Waals surface area contributed by atoms with E-state index in [4.69, 9.17) is 32.2 Å². The lowest BCUT2D eigenvalue weighted by Crippen LogP contribution is -2.11. The van der Waals surface area contributed by atoms with Gasteiger partial charge >= 0.3 is 0 Å². The van der Waals surface area contributed by atoms with E-state index in [-0.39, 0.29) is 20.2 Å². The maximum absolute atomic E-state index is 12.0. The number of hydrogen-bond acceptors (Lipinski definition) is 10. The van der Waals surface area contributed by atoms with Gasteiger partial charge in [0.1, 0.15) is 26.0 Å². The fourth-order valence-corrected chi connectivity index (χ4v) is 9.45. The topological polar surface area (TPSA) is 144 Å². The molecule has 2 N–H and O–H groups in total. The molecule has 0 bridgehead atoms. The second-order valence-corrected chi connectivity index (χ2v) is 16.8. The van der Waals surface area contributed by atoms with E-state index in [1.54, 1.807) is 13.8 Å². The van der Waals surface area contributed by atoms with Crippen molar-refractivity contribution in [3.8, 4) is 0 Å². The van der Waals surface area contributed by atoms with Crippen molar-refractivity contribution >= 4 is 141 Å². The van der Waals surface area contributed by atoms with E-state index in [9.17, 15) is 16.8 Å². The van der Waals surface area contributed by atoms with Crippen molar-refractivity contribution in [1.29, 1.82) is 0 Å². The average Bonchev–Trinajstić information content (AvgIpc) is 3.51. The number of anilines is 2. The van der Waals surface area contributed by atoms with Crippen LogP contribution in [-0.2, 0) is 20.0 Å². The van der Waals surface area contributed by atoms with Crippen molar-refractivity contribution in [2.24, 2.45) is 0 Å². The SMILES string of the molecule is Cc1noc(NS(=O)(=O)c2cc(Br)c(Cl)s2)c1Br.Cc1noc(NS(=O)(=O)c2cc(Br)c(Cl)s2)c1Br. The highest BCUT2D eigenvalue weighted by Crippen LogP contribution is 2.37. The normalized spacial score (nSPS) is 11.8. The summed E-state index contributed by atoms with van der Waals surface area (Å²) in [7, 11) is -7.47. The van der Waals surface area contributed by atoms with E-state index in [0.29, 0.717) is 38.0 Å². The summed E-state index contributed by atoms with van der Waals surface area (Å²) in [4.78, 5) is 0. The van der Waals surface area contributed by atoms with Gasteiger partial charge in [-0.05, 0) is 89.7 Å². The van der Waals surface area contributed by atoms with Crippen LogP contribution in [0.5, 0.6) is 0 Å². The van der Waals surface area contributed by atoms with Crippen molar-refractivity contribution in [3.05, 3.63) is 50.1 Å². The van der Waals surface area contributed by atoms with E-state index in [1.165, 1.54) is 12.1 Å². The van der Waals surface area contributed by atoms with E-state index in [0.717, 1.165) is 22.7 Å². The van der Waals surface area contributed by atoms with Crippen LogP contribution in [0.25, 0.3) is 0 Å². The molecule has 0 atom stereocenters. The lowest BCUT2D eigenvalue weighted by Gasteiger charge is -2.01. The Hall–Kier alpha value is -0.180. The number of sulfonamides is 2. The molecule has 4 rings (SSSR count). The Morgan fingerprint density at radius 1 is 0.750 bits per heavy atom. The Bertz CT molecular complexity index is 1470. The summed E-state index contributed by atoms with van der Waals surface area (Å²) in [5.74, 6) is 0.0706. The van der Waals surface area contributed by atoms with Gasteiger partial charge < -0.3 is 9.05 Å². The number of hydrogen-bond donors (Lipinski definition) is 2. The fraction of sp³-hybridized carbons (Fsp3) is 0.125. The molecule has 4 aromatic rings. The third-order valence-electron chi connectivity index (χ3n) is 3.81. The molecular formula is C16H10Br4Cl2N4O6S4. The smallest absolute Gasteiger partial charge is 0.273 e.